The van der Waals surface area contributed by atoms with Crippen molar-refractivity contribution >= 4 is 10.0 Å². The summed E-state index contributed by atoms with van der Waals surface area (Å²) in [5.41, 5.74) is -0.178. The first-order valence-corrected chi connectivity index (χ1v) is 11.0. The Labute approximate surface area is 164 Å². The SMILES string of the molecule is N#Cc1ccc(F)c(S(=O)(=O)N2CCC3(CC2)CC(N2CCOCC2)CO3)c1. The topological polar surface area (TPSA) is 82.9 Å². The molecule has 3 saturated heterocycles. The highest BCUT2D eigenvalue weighted by Crippen LogP contribution is 2.39. The van der Waals surface area contributed by atoms with E-state index < -0.39 is 20.7 Å². The summed E-state index contributed by atoms with van der Waals surface area (Å²) in [5, 5.41) is 8.99. The lowest BCUT2D eigenvalue weighted by molar-refractivity contribution is -0.0328. The number of ether oxygens (including phenoxy) is 2. The molecule has 0 bridgehead atoms. The monoisotopic (exact) mass is 409 g/mol. The minimum absolute atomic E-state index is 0.126. The van der Waals surface area contributed by atoms with Gasteiger partial charge in [0, 0.05) is 32.2 Å². The largest absolute Gasteiger partial charge is 0.379 e. The number of halogens is 1. The standard InChI is InChI=1S/C19H24FN3O4S/c20-17-2-1-15(13-21)11-18(17)28(24,25)23-5-3-19(4-6-23)12-16(14-27-19)22-7-9-26-10-8-22/h1-2,11,16H,3-10,12,14H2. The fourth-order valence-electron chi connectivity index (χ4n) is 4.39. The molecular weight excluding hydrogens is 385 g/mol. The predicted octanol–water partition coefficient (Wildman–Crippen LogP) is 1.34. The molecule has 3 heterocycles. The van der Waals surface area contributed by atoms with Crippen molar-refractivity contribution in [3.05, 3.63) is 29.6 Å². The van der Waals surface area contributed by atoms with Crippen LogP contribution in [0.4, 0.5) is 4.39 Å². The minimum Gasteiger partial charge on any atom is -0.379 e. The highest BCUT2D eigenvalue weighted by Gasteiger charge is 2.46. The van der Waals surface area contributed by atoms with E-state index in [-0.39, 0.29) is 24.3 Å². The van der Waals surface area contributed by atoms with Gasteiger partial charge in [0.05, 0.1) is 37.1 Å². The molecular formula is C19H24FN3O4S. The summed E-state index contributed by atoms with van der Waals surface area (Å²) in [5.74, 6) is -0.830. The Morgan fingerprint density at radius 2 is 1.89 bits per heavy atom. The summed E-state index contributed by atoms with van der Waals surface area (Å²) in [6.45, 7) is 4.51. The molecule has 0 aromatic heterocycles. The van der Waals surface area contributed by atoms with Gasteiger partial charge in [0.2, 0.25) is 10.0 Å². The zero-order valence-electron chi connectivity index (χ0n) is 15.6. The third-order valence-corrected chi connectivity index (χ3v) is 7.98. The van der Waals surface area contributed by atoms with Gasteiger partial charge < -0.3 is 9.47 Å². The van der Waals surface area contributed by atoms with Gasteiger partial charge in [-0.1, -0.05) is 0 Å². The van der Waals surface area contributed by atoms with E-state index in [1.807, 2.05) is 6.07 Å². The van der Waals surface area contributed by atoms with E-state index in [4.69, 9.17) is 14.7 Å². The molecule has 4 rings (SSSR count). The van der Waals surface area contributed by atoms with Gasteiger partial charge in [-0.15, -0.1) is 0 Å². The van der Waals surface area contributed by atoms with Crippen molar-refractivity contribution in [1.29, 1.82) is 5.26 Å². The maximum Gasteiger partial charge on any atom is 0.246 e. The third kappa shape index (κ3) is 3.67. The average molecular weight is 409 g/mol. The number of rotatable bonds is 3. The number of sulfonamides is 1. The average Bonchev–Trinajstić information content (AvgIpc) is 3.13. The quantitative estimate of drug-likeness (QED) is 0.749. The van der Waals surface area contributed by atoms with Crippen molar-refractivity contribution in [3.63, 3.8) is 0 Å². The summed E-state index contributed by atoms with van der Waals surface area (Å²) in [7, 11) is -3.98. The molecule has 152 valence electrons. The Balaban J connectivity index is 1.43. The third-order valence-electron chi connectivity index (χ3n) is 6.06. The van der Waals surface area contributed by atoms with Crippen LogP contribution in [0, 0.1) is 17.1 Å². The van der Waals surface area contributed by atoms with E-state index in [2.05, 4.69) is 4.90 Å². The number of hydrogen-bond donors (Lipinski definition) is 0. The van der Waals surface area contributed by atoms with Gasteiger partial charge in [-0.05, 0) is 37.5 Å². The molecule has 7 nitrogen and oxygen atoms in total. The van der Waals surface area contributed by atoms with Gasteiger partial charge in [-0.2, -0.15) is 9.57 Å². The first-order valence-electron chi connectivity index (χ1n) is 9.59. The van der Waals surface area contributed by atoms with Gasteiger partial charge >= 0.3 is 0 Å². The molecule has 0 aliphatic carbocycles. The van der Waals surface area contributed by atoms with Crippen LogP contribution in [0.15, 0.2) is 23.1 Å². The Bertz CT molecular complexity index is 872. The maximum atomic E-state index is 14.2. The molecule has 28 heavy (non-hydrogen) atoms. The molecule has 3 fully saturated rings. The lowest BCUT2D eigenvalue weighted by Gasteiger charge is -2.38. The lowest BCUT2D eigenvalue weighted by Crippen LogP contribution is -2.48. The fraction of sp³-hybridized carbons (Fsp3) is 0.632. The number of piperidine rings is 1. The molecule has 9 heteroatoms. The summed E-state index contributed by atoms with van der Waals surface area (Å²) in [4.78, 5) is 1.96. The second-order valence-electron chi connectivity index (χ2n) is 7.66. The number of hydrogen-bond acceptors (Lipinski definition) is 6. The number of nitriles is 1. The molecule has 1 aromatic carbocycles. The fourth-order valence-corrected chi connectivity index (χ4v) is 5.92. The van der Waals surface area contributed by atoms with Crippen LogP contribution in [0.1, 0.15) is 24.8 Å². The molecule has 0 amide bonds. The van der Waals surface area contributed by atoms with E-state index in [1.54, 1.807) is 0 Å². The molecule has 1 atom stereocenters. The second kappa shape index (κ2) is 7.69. The van der Waals surface area contributed by atoms with Crippen molar-refractivity contribution < 1.29 is 22.3 Å². The Hall–Kier alpha value is -1.57. The summed E-state index contributed by atoms with van der Waals surface area (Å²) >= 11 is 0. The van der Waals surface area contributed by atoms with E-state index in [1.165, 1.54) is 10.4 Å². The molecule has 0 radical (unpaired) electrons. The van der Waals surface area contributed by atoms with Gasteiger partial charge in [-0.25, -0.2) is 12.8 Å². The predicted molar refractivity (Wildman–Crippen MR) is 98.6 cm³/mol. The Kier molecular flexibility index (Phi) is 5.42. The number of benzene rings is 1. The van der Waals surface area contributed by atoms with Crippen molar-refractivity contribution in [3.8, 4) is 6.07 Å². The van der Waals surface area contributed by atoms with Crippen LogP contribution in [0.2, 0.25) is 0 Å². The lowest BCUT2D eigenvalue weighted by atomic mass is 9.88. The van der Waals surface area contributed by atoms with Crippen molar-refractivity contribution in [2.45, 2.75) is 35.8 Å². The van der Waals surface area contributed by atoms with E-state index in [0.29, 0.717) is 25.5 Å². The molecule has 0 N–H and O–H groups in total. The zero-order chi connectivity index (χ0) is 19.8. The minimum atomic E-state index is -3.98. The van der Waals surface area contributed by atoms with Gasteiger partial charge in [0.1, 0.15) is 10.7 Å². The van der Waals surface area contributed by atoms with E-state index in [0.717, 1.165) is 44.9 Å². The van der Waals surface area contributed by atoms with E-state index in [9.17, 15) is 12.8 Å². The van der Waals surface area contributed by atoms with E-state index >= 15 is 0 Å². The smallest absolute Gasteiger partial charge is 0.246 e. The molecule has 3 aliphatic rings. The molecule has 1 spiro atoms. The summed E-state index contributed by atoms with van der Waals surface area (Å²) < 4.78 is 52.8. The van der Waals surface area contributed by atoms with Crippen LogP contribution < -0.4 is 0 Å². The van der Waals surface area contributed by atoms with Crippen molar-refractivity contribution in [1.82, 2.24) is 9.21 Å². The molecule has 1 aromatic rings. The van der Waals surface area contributed by atoms with Crippen LogP contribution in [-0.2, 0) is 19.5 Å². The number of morpholine rings is 1. The van der Waals surface area contributed by atoms with Gasteiger partial charge in [0.25, 0.3) is 0 Å². The normalized spacial score (nSPS) is 26.4. The van der Waals surface area contributed by atoms with Gasteiger partial charge in [0.15, 0.2) is 0 Å². The second-order valence-corrected chi connectivity index (χ2v) is 9.57. The number of nitrogens with zero attached hydrogens (tertiary/aromatic N) is 3. The van der Waals surface area contributed by atoms with Crippen LogP contribution in [0.25, 0.3) is 0 Å². The van der Waals surface area contributed by atoms with Crippen LogP contribution >= 0.6 is 0 Å². The van der Waals surface area contributed by atoms with Crippen LogP contribution in [-0.4, -0.2) is 75.3 Å². The molecule has 3 aliphatic heterocycles. The highest BCUT2D eigenvalue weighted by atomic mass is 32.2. The highest BCUT2D eigenvalue weighted by molar-refractivity contribution is 7.89. The molecule has 0 saturated carbocycles. The van der Waals surface area contributed by atoms with Crippen molar-refractivity contribution in [2.24, 2.45) is 0 Å². The maximum absolute atomic E-state index is 14.2. The first kappa shape index (κ1) is 19.7. The Morgan fingerprint density at radius 1 is 1.18 bits per heavy atom. The summed E-state index contributed by atoms with van der Waals surface area (Å²) in [6.07, 6.45) is 2.07. The van der Waals surface area contributed by atoms with Crippen LogP contribution in [0.5, 0.6) is 0 Å². The van der Waals surface area contributed by atoms with Gasteiger partial charge in [-0.3, -0.25) is 4.90 Å². The van der Waals surface area contributed by atoms with Crippen LogP contribution in [0.3, 0.4) is 0 Å². The van der Waals surface area contributed by atoms with Crippen molar-refractivity contribution in [2.75, 3.05) is 46.0 Å². The molecule has 1 unspecified atom stereocenters. The Morgan fingerprint density at radius 3 is 2.57 bits per heavy atom. The zero-order valence-corrected chi connectivity index (χ0v) is 16.5. The summed E-state index contributed by atoms with van der Waals surface area (Å²) in [6, 6.07) is 5.62. The first-order chi connectivity index (χ1) is 13.4.